The predicted molar refractivity (Wildman–Crippen MR) is 54.7 cm³/mol. The maximum Gasteiger partial charge on any atom is 0.135 e. The van der Waals surface area contributed by atoms with Crippen LogP contribution in [0, 0.1) is 11.8 Å². The number of nitrogens with zero attached hydrogens (tertiary/aromatic N) is 1. The van der Waals surface area contributed by atoms with Gasteiger partial charge in [-0.1, -0.05) is 13.8 Å². The topological polar surface area (TPSA) is 20.3 Å². The zero-order valence-corrected chi connectivity index (χ0v) is 9.05. The lowest BCUT2D eigenvalue weighted by Gasteiger charge is -2.10. The van der Waals surface area contributed by atoms with Crippen LogP contribution in [0.15, 0.2) is 0 Å². The number of likely N-dealkylation sites (tertiary alicyclic amines) is 1. The van der Waals surface area contributed by atoms with E-state index in [4.69, 9.17) is 0 Å². The van der Waals surface area contributed by atoms with Crippen molar-refractivity contribution in [1.29, 1.82) is 0 Å². The van der Waals surface area contributed by atoms with Gasteiger partial charge in [0.05, 0.1) is 0 Å². The normalized spacial score (nSPS) is 24.2. The largest absolute Gasteiger partial charge is 0.306 e. The zero-order valence-electron chi connectivity index (χ0n) is 9.05. The summed E-state index contributed by atoms with van der Waals surface area (Å²) in [6, 6.07) is 0. The number of hydrogen-bond acceptors (Lipinski definition) is 2. The Hall–Kier alpha value is -0.370. The van der Waals surface area contributed by atoms with E-state index < -0.39 is 0 Å². The fourth-order valence-corrected chi connectivity index (χ4v) is 1.90. The maximum atomic E-state index is 11.4. The highest BCUT2D eigenvalue weighted by Gasteiger charge is 2.20. The van der Waals surface area contributed by atoms with E-state index in [1.165, 1.54) is 19.5 Å². The molecule has 1 aliphatic rings. The molecule has 0 aromatic carbocycles. The van der Waals surface area contributed by atoms with Crippen LogP contribution in [-0.2, 0) is 4.79 Å². The van der Waals surface area contributed by atoms with Crippen molar-refractivity contribution in [1.82, 2.24) is 4.90 Å². The van der Waals surface area contributed by atoms with Crippen molar-refractivity contribution in [2.24, 2.45) is 11.8 Å². The van der Waals surface area contributed by atoms with E-state index in [-0.39, 0.29) is 5.92 Å². The number of ketones is 1. The molecule has 0 spiro atoms. The van der Waals surface area contributed by atoms with Gasteiger partial charge in [-0.05, 0) is 32.4 Å². The monoisotopic (exact) mass is 183 g/mol. The maximum absolute atomic E-state index is 11.4. The molecule has 2 heteroatoms. The first kappa shape index (κ1) is 10.7. The third kappa shape index (κ3) is 3.47. The molecule has 1 atom stereocenters. The molecule has 0 N–H and O–H groups in total. The van der Waals surface area contributed by atoms with Crippen LogP contribution in [0.5, 0.6) is 0 Å². The summed E-state index contributed by atoms with van der Waals surface area (Å²) in [4.78, 5) is 13.7. The first-order chi connectivity index (χ1) is 6.09. The molecule has 1 fully saturated rings. The van der Waals surface area contributed by atoms with Gasteiger partial charge in [-0.15, -0.1) is 0 Å². The molecule has 1 rings (SSSR count). The fraction of sp³-hybridized carbons (Fsp3) is 0.909. The number of carbonyl (C=O) groups is 1. The summed E-state index contributed by atoms with van der Waals surface area (Å²) in [5.74, 6) is 1.42. The molecule has 0 aromatic rings. The lowest BCUT2D eigenvalue weighted by atomic mass is 9.97. The van der Waals surface area contributed by atoms with Gasteiger partial charge in [-0.25, -0.2) is 0 Å². The van der Waals surface area contributed by atoms with E-state index in [0.29, 0.717) is 5.78 Å². The summed E-state index contributed by atoms with van der Waals surface area (Å²) in [5, 5.41) is 0. The highest BCUT2D eigenvalue weighted by atomic mass is 16.1. The third-order valence-electron chi connectivity index (χ3n) is 2.93. The molecule has 13 heavy (non-hydrogen) atoms. The third-order valence-corrected chi connectivity index (χ3v) is 2.93. The summed E-state index contributed by atoms with van der Waals surface area (Å²) in [5.41, 5.74) is 0. The predicted octanol–water partition coefficient (Wildman–Crippen LogP) is 1.94. The SMILES string of the molecule is CC(C)C(=O)CCC1CCN(C)C1. The molecular weight excluding hydrogens is 162 g/mol. The van der Waals surface area contributed by atoms with Gasteiger partial charge in [0.2, 0.25) is 0 Å². The molecule has 1 heterocycles. The Bertz CT molecular complexity index is 177. The van der Waals surface area contributed by atoms with Crippen LogP contribution in [-0.4, -0.2) is 30.8 Å². The van der Waals surface area contributed by atoms with Crippen molar-refractivity contribution in [2.45, 2.75) is 33.1 Å². The van der Waals surface area contributed by atoms with Crippen molar-refractivity contribution < 1.29 is 4.79 Å². The lowest BCUT2D eigenvalue weighted by molar-refractivity contribution is -0.122. The van der Waals surface area contributed by atoms with Crippen LogP contribution in [0.25, 0.3) is 0 Å². The second-order valence-electron chi connectivity index (χ2n) is 4.58. The fourth-order valence-electron chi connectivity index (χ4n) is 1.90. The van der Waals surface area contributed by atoms with E-state index >= 15 is 0 Å². The Morgan fingerprint density at radius 3 is 2.69 bits per heavy atom. The first-order valence-corrected chi connectivity index (χ1v) is 5.31. The Morgan fingerprint density at radius 1 is 1.54 bits per heavy atom. The summed E-state index contributed by atoms with van der Waals surface area (Å²) in [6.45, 7) is 6.37. The van der Waals surface area contributed by atoms with Crippen LogP contribution < -0.4 is 0 Å². The minimum absolute atomic E-state index is 0.221. The van der Waals surface area contributed by atoms with E-state index in [9.17, 15) is 4.79 Å². The average molecular weight is 183 g/mol. The molecule has 1 saturated heterocycles. The van der Waals surface area contributed by atoms with Crippen LogP contribution in [0.4, 0.5) is 0 Å². The van der Waals surface area contributed by atoms with Crippen molar-refractivity contribution in [3.63, 3.8) is 0 Å². The molecule has 0 bridgehead atoms. The second-order valence-corrected chi connectivity index (χ2v) is 4.58. The first-order valence-electron chi connectivity index (χ1n) is 5.31. The van der Waals surface area contributed by atoms with Crippen LogP contribution in [0.2, 0.25) is 0 Å². The summed E-state index contributed by atoms with van der Waals surface area (Å²) >= 11 is 0. The number of rotatable bonds is 4. The molecule has 0 saturated carbocycles. The molecule has 0 aliphatic carbocycles. The standard InChI is InChI=1S/C11H21NO/c1-9(2)11(13)5-4-10-6-7-12(3)8-10/h9-10H,4-8H2,1-3H3. The Kier molecular flexibility index (Phi) is 3.91. The zero-order chi connectivity index (χ0) is 9.84. The number of carbonyl (C=O) groups excluding carboxylic acids is 1. The van der Waals surface area contributed by atoms with Crippen molar-refractivity contribution >= 4 is 5.78 Å². The van der Waals surface area contributed by atoms with Crippen LogP contribution in [0.3, 0.4) is 0 Å². The molecule has 1 aliphatic heterocycles. The van der Waals surface area contributed by atoms with E-state index in [2.05, 4.69) is 11.9 Å². The minimum atomic E-state index is 0.221. The molecule has 76 valence electrons. The van der Waals surface area contributed by atoms with Crippen LogP contribution >= 0.6 is 0 Å². The minimum Gasteiger partial charge on any atom is -0.306 e. The van der Waals surface area contributed by atoms with E-state index in [1.54, 1.807) is 0 Å². The van der Waals surface area contributed by atoms with Gasteiger partial charge < -0.3 is 4.90 Å². The number of Topliss-reactive ketones (excluding diaryl/α,β-unsaturated/α-hetero) is 1. The van der Waals surface area contributed by atoms with Crippen molar-refractivity contribution in [3.05, 3.63) is 0 Å². The van der Waals surface area contributed by atoms with Gasteiger partial charge in [0.15, 0.2) is 0 Å². The molecule has 2 nitrogen and oxygen atoms in total. The lowest BCUT2D eigenvalue weighted by Crippen LogP contribution is -2.15. The Morgan fingerprint density at radius 2 is 2.23 bits per heavy atom. The van der Waals surface area contributed by atoms with Gasteiger partial charge in [0, 0.05) is 18.9 Å². The van der Waals surface area contributed by atoms with Crippen LogP contribution in [0.1, 0.15) is 33.1 Å². The molecular formula is C11H21NO. The Labute approximate surface area is 81.3 Å². The molecule has 1 unspecified atom stereocenters. The average Bonchev–Trinajstić information content (AvgIpc) is 2.47. The van der Waals surface area contributed by atoms with Crippen molar-refractivity contribution in [3.8, 4) is 0 Å². The molecule has 0 amide bonds. The number of hydrogen-bond donors (Lipinski definition) is 0. The van der Waals surface area contributed by atoms with Gasteiger partial charge in [0.1, 0.15) is 5.78 Å². The summed E-state index contributed by atoms with van der Waals surface area (Å²) < 4.78 is 0. The molecule has 0 aromatic heterocycles. The highest BCUT2D eigenvalue weighted by Crippen LogP contribution is 2.20. The smallest absolute Gasteiger partial charge is 0.135 e. The van der Waals surface area contributed by atoms with Gasteiger partial charge in [-0.2, -0.15) is 0 Å². The second kappa shape index (κ2) is 4.75. The van der Waals surface area contributed by atoms with Gasteiger partial charge in [0.25, 0.3) is 0 Å². The van der Waals surface area contributed by atoms with E-state index in [1.807, 2.05) is 13.8 Å². The summed E-state index contributed by atoms with van der Waals surface area (Å²) in [7, 11) is 2.16. The quantitative estimate of drug-likeness (QED) is 0.664. The Balaban J connectivity index is 2.16. The molecule has 0 radical (unpaired) electrons. The van der Waals surface area contributed by atoms with E-state index in [0.717, 1.165) is 18.8 Å². The van der Waals surface area contributed by atoms with Gasteiger partial charge in [-0.3, -0.25) is 4.79 Å². The highest BCUT2D eigenvalue weighted by molar-refractivity contribution is 5.80. The van der Waals surface area contributed by atoms with Gasteiger partial charge >= 0.3 is 0 Å². The summed E-state index contributed by atoms with van der Waals surface area (Å²) in [6.07, 6.45) is 3.17. The van der Waals surface area contributed by atoms with Crippen molar-refractivity contribution in [2.75, 3.05) is 20.1 Å².